The molecule has 100 valence electrons. The fourth-order valence-corrected chi connectivity index (χ4v) is 1.53. The summed E-state index contributed by atoms with van der Waals surface area (Å²) in [5.74, 6) is -0.106. The highest BCUT2D eigenvalue weighted by Gasteiger charge is 2.18. The van der Waals surface area contributed by atoms with Crippen molar-refractivity contribution in [1.29, 1.82) is 0 Å². The van der Waals surface area contributed by atoms with Crippen LogP contribution in [0.15, 0.2) is 12.5 Å². The Hall–Kier alpha value is -1.73. The molecule has 1 unspecified atom stereocenters. The first kappa shape index (κ1) is 14.3. The van der Waals surface area contributed by atoms with Crippen molar-refractivity contribution in [3.05, 3.63) is 18.1 Å². The van der Waals surface area contributed by atoms with Gasteiger partial charge in [0.15, 0.2) is 0 Å². The van der Waals surface area contributed by atoms with Crippen molar-refractivity contribution >= 4 is 11.8 Å². The number of rotatable bonds is 6. The number of methoxy groups -OCH3 is 2. The Labute approximate surface area is 105 Å². The number of aliphatic hydroxyl groups excluding tert-OH is 1. The largest absolute Gasteiger partial charge is 0.465 e. The number of ether oxygens (including phenoxy) is 2. The first-order chi connectivity index (χ1) is 8.60. The second kappa shape index (κ2) is 6.87. The SMILES string of the molecule is COCC(O)CN(C)c1ncncc1C(=O)OC. The van der Waals surface area contributed by atoms with Crippen LogP contribution in [-0.4, -0.2) is 61.6 Å². The molecule has 0 fully saturated rings. The molecule has 1 N–H and O–H groups in total. The first-order valence-corrected chi connectivity index (χ1v) is 5.36. The topological polar surface area (TPSA) is 84.8 Å². The van der Waals surface area contributed by atoms with E-state index in [0.717, 1.165) is 0 Å². The fourth-order valence-electron chi connectivity index (χ4n) is 1.53. The predicted molar refractivity (Wildman–Crippen MR) is 64.5 cm³/mol. The van der Waals surface area contributed by atoms with Gasteiger partial charge in [-0.2, -0.15) is 0 Å². The zero-order valence-electron chi connectivity index (χ0n) is 10.7. The monoisotopic (exact) mass is 255 g/mol. The summed E-state index contributed by atoms with van der Waals surface area (Å²) in [6.07, 6.45) is 2.05. The summed E-state index contributed by atoms with van der Waals surface area (Å²) in [6.45, 7) is 0.498. The van der Waals surface area contributed by atoms with Gasteiger partial charge in [0.2, 0.25) is 0 Å². The average molecular weight is 255 g/mol. The number of carbonyl (C=O) groups is 1. The van der Waals surface area contributed by atoms with Crippen LogP contribution < -0.4 is 4.90 Å². The van der Waals surface area contributed by atoms with Gasteiger partial charge < -0.3 is 19.5 Å². The van der Waals surface area contributed by atoms with Crippen molar-refractivity contribution < 1.29 is 19.4 Å². The van der Waals surface area contributed by atoms with Crippen molar-refractivity contribution in [3.63, 3.8) is 0 Å². The molecule has 1 rings (SSSR count). The summed E-state index contributed by atoms with van der Waals surface area (Å²) in [4.78, 5) is 21.0. The zero-order chi connectivity index (χ0) is 13.5. The summed E-state index contributed by atoms with van der Waals surface area (Å²) in [5.41, 5.74) is 0.257. The van der Waals surface area contributed by atoms with Crippen molar-refractivity contribution in [2.24, 2.45) is 0 Å². The van der Waals surface area contributed by atoms with Gasteiger partial charge in [-0.15, -0.1) is 0 Å². The molecule has 7 heteroatoms. The molecule has 0 radical (unpaired) electrons. The Morgan fingerprint density at radius 2 is 2.28 bits per heavy atom. The molecule has 0 aliphatic rings. The molecular formula is C11H17N3O4. The number of aliphatic hydroxyl groups is 1. The highest BCUT2D eigenvalue weighted by molar-refractivity contribution is 5.94. The predicted octanol–water partition coefficient (Wildman–Crippen LogP) is -0.293. The Morgan fingerprint density at radius 1 is 1.56 bits per heavy atom. The third kappa shape index (κ3) is 3.64. The number of hydrogen-bond donors (Lipinski definition) is 1. The van der Waals surface area contributed by atoms with E-state index in [2.05, 4.69) is 14.7 Å². The number of likely N-dealkylation sites (N-methyl/N-ethyl adjacent to an activating group) is 1. The summed E-state index contributed by atoms with van der Waals surface area (Å²) >= 11 is 0. The van der Waals surface area contributed by atoms with Gasteiger partial charge in [0.05, 0.1) is 19.8 Å². The normalized spacial score (nSPS) is 12.0. The van der Waals surface area contributed by atoms with E-state index in [1.165, 1.54) is 26.7 Å². The lowest BCUT2D eigenvalue weighted by atomic mass is 10.2. The standard InChI is InChI=1S/C11H17N3O4/c1-14(5-8(15)6-17-2)10-9(11(16)18-3)4-12-7-13-10/h4,7-8,15H,5-6H2,1-3H3. The molecule has 0 aromatic carbocycles. The van der Waals surface area contributed by atoms with Crippen LogP contribution >= 0.6 is 0 Å². The third-order valence-corrected chi connectivity index (χ3v) is 2.30. The molecule has 0 saturated carbocycles. The molecule has 18 heavy (non-hydrogen) atoms. The smallest absolute Gasteiger partial charge is 0.343 e. The summed E-state index contributed by atoms with van der Waals surface area (Å²) < 4.78 is 9.48. The Kier molecular flexibility index (Phi) is 5.47. The molecule has 0 aliphatic carbocycles. The number of nitrogens with zero attached hydrogens (tertiary/aromatic N) is 3. The lowest BCUT2D eigenvalue weighted by Gasteiger charge is -2.22. The molecule has 1 aromatic rings. The number of hydrogen-bond acceptors (Lipinski definition) is 7. The van der Waals surface area contributed by atoms with Gasteiger partial charge in [0.1, 0.15) is 17.7 Å². The average Bonchev–Trinajstić information content (AvgIpc) is 2.38. The molecule has 0 spiro atoms. The van der Waals surface area contributed by atoms with Gasteiger partial charge in [-0.1, -0.05) is 0 Å². The van der Waals surface area contributed by atoms with Gasteiger partial charge in [-0.05, 0) is 0 Å². The van der Waals surface area contributed by atoms with Gasteiger partial charge in [0.25, 0.3) is 0 Å². The maximum Gasteiger partial charge on any atom is 0.343 e. The number of aromatic nitrogens is 2. The van der Waals surface area contributed by atoms with E-state index in [4.69, 9.17) is 4.74 Å². The molecule has 1 aromatic heterocycles. The van der Waals surface area contributed by atoms with E-state index < -0.39 is 12.1 Å². The second-order valence-electron chi connectivity index (χ2n) is 3.74. The van der Waals surface area contributed by atoms with Crippen LogP contribution in [0.2, 0.25) is 0 Å². The van der Waals surface area contributed by atoms with E-state index >= 15 is 0 Å². The van der Waals surface area contributed by atoms with Gasteiger partial charge in [0, 0.05) is 26.9 Å². The second-order valence-corrected chi connectivity index (χ2v) is 3.74. The molecule has 0 aliphatic heterocycles. The zero-order valence-corrected chi connectivity index (χ0v) is 10.7. The first-order valence-electron chi connectivity index (χ1n) is 5.36. The highest BCUT2D eigenvalue weighted by Crippen LogP contribution is 2.15. The molecule has 7 nitrogen and oxygen atoms in total. The van der Waals surface area contributed by atoms with Crippen LogP contribution in [-0.2, 0) is 9.47 Å². The van der Waals surface area contributed by atoms with E-state index in [1.807, 2.05) is 0 Å². The fraction of sp³-hybridized carbons (Fsp3) is 0.545. The molecule has 1 atom stereocenters. The molecule has 1 heterocycles. The van der Waals surface area contributed by atoms with Crippen LogP contribution in [0.1, 0.15) is 10.4 Å². The number of anilines is 1. The Bertz CT molecular complexity index is 400. The van der Waals surface area contributed by atoms with Crippen LogP contribution in [0.25, 0.3) is 0 Å². The Balaban J connectivity index is 2.84. The summed E-state index contributed by atoms with van der Waals surface area (Å²) in [6, 6.07) is 0. The number of esters is 1. The lowest BCUT2D eigenvalue weighted by Crippen LogP contribution is -2.33. The quantitative estimate of drug-likeness (QED) is 0.699. The van der Waals surface area contributed by atoms with Crippen LogP contribution in [0.3, 0.4) is 0 Å². The minimum absolute atomic E-state index is 0.211. The molecule has 0 bridgehead atoms. The third-order valence-electron chi connectivity index (χ3n) is 2.30. The van der Waals surface area contributed by atoms with Gasteiger partial charge >= 0.3 is 5.97 Å². The van der Waals surface area contributed by atoms with Crippen LogP contribution in [0.5, 0.6) is 0 Å². The highest BCUT2D eigenvalue weighted by atomic mass is 16.5. The van der Waals surface area contributed by atoms with Crippen LogP contribution in [0, 0.1) is 0 Å². The lowest BCUT2D eigenvalue weighted by molar-refractivity contribution is 0.0597. The van der Waals surface area contributed by atoms with Crippen molar-refractivity contribution in [2.45, 2.75) is 6.10 Å². The van der Waals surface area contributed by atoms with Crippen molar-refractivity contribution in [3.8, 4) is 0 Å². The van der Waals surface area contributed by atoms with Crippen molar-refractivity contribution in [1.82, 2.24) is 9.97 Å². The number of carbonyl (C=O) groups excluding carboxylic acids is 1. The summed E-state index contributed by atoms with van der Waals surface area (Å²) in [7, 11) is 4.51. The minimum atomic E-state index is -0.666. The van der Waals surface area contributed by atoms with E-state index in [0.29, 0.717) is 5.82 Å². The molecule has 0 amide bonds. The molecule has 0 saturated heterocycles. The molecular weight excluding hydrogens is 238 g/mol. The maximum absolute atomic E-state index is 11.5. The van der Waals surface area contributed by atoms with Crippen LogP contribution in [0.4, 0.5) is 5.82 Å². The van der Waals surface area contributed by atoms with Crippen molar-refractivity contribution in [2.75, 3.05) is 39.3 Å². The van der Waals surface area contributed by atoms with Gasteiger partial charge in [-0.25, -0.2) is 14.8 Å². The van der Waals surface area contributed by atoms with E-state index in [1.54, 1.807) is 11.9 Å². The maximum atomic E-state index is 11.5. The summed E-state index contributed by atoms with van der Waals surface area (Å²) in [5, 5.41) is 9.64. The van der Waals surface area contributed by atoms with Gasteiger partial charge in [-0.3, -0.25) is 0 Å². The minimum Gasteiger partial charge on any atom is -0.465 e. The van der Waals surface area contributed by atoms with E-state index in [9.17, 15) is 9.90 Å². The van der Waals surface area contributed by atoms with E-state index in [-0.39, 0.29) is 18.7 Å². The Morgan fingerprint density at radius 3 is 2.89 bits per heavy atom.